The fraction of sp³-hybridized carbons (Fsp3) is 0.0556. The summed E-state index contributed by atoms with van der Waals surface area (Å²) in [4.78, 5) is 0. The van der Waals surface area contributed by atoms with Crippen LogP contribution in [0, 0.1) is 0 Å². The molecule has 3 heteroatoms. The molecule has 0 bridgehead atoms. The molecular weight excluding hydrogens is 258 g/mol. The van der Waals surface area contributed by atoms with Gasteiger partial charge in [-0.2, -0.15) is 5.10 Å². The molecule has 0 aliphatic carbocycles. The normalized spacial score (nSPS) is 11.2. The highest BCUT2D eigenvalue weighted by Gasteiger charge is 2.04. The molecule has 0 aliphatic rings. The summed E-state index contributed by atoms with van der Waals surface area (Å²) in [5.41, 5.74) is 8.95. The lowest BCUT2D eigenvalue weighted by Crippen LogP contribution is -2.01. The van der Waals surface area contributed by atoms with Crippen molar-refractivity contribution < 1.29 is 0 Å². The Morgan fingerprint density at radius 2 is 1.67 bits per heavy atom. The minimum Gasteiger partial charge on any atom is -0.399 e. The molecule has 0 aliphatic heterocycles. The van der Waals surface area contributed by atoms with E-state index in [1.165, 1.54) is 16.3 Å². The van der Waals surface area contributed by atoms with Gasteiger partial charge in [0.1, 0.15) is 0 Å². The first kappa shape index (κ1) is 12.0. The second-order valence-corrected chi connectivity index (χ2v) is 5.30. The van der Waals surface area contributed by atoms with Gasteiger partial charge in [-0.1, -0.05) is 36.4 Å². The van der Waals surface area contributed by atoms with Crippen molar-refractivity contribution in [1.82, 2.24) is 9.78 Å². The molecule has 1 aromatic heterocycles. The number of aromatic nitrogens is 2. The SMILES string of the molecule is Nc1ccc2cnn(Cc3ccc4ccccc4c3)c2c1. The molecule has 0 spiro atoms. The Morgan fingerprint density at radius 3 is 2.57 bits per heavy atom. The summed E-state index contributed by atoms with van der Waals surface area (Å²) >= 11 is 0. The Labute approximate surface area is 122 Å². The maximum atomic E-state index is 5.88. The van der Waals surface area contributed by atoms with Gasteiger partial charge in [-0.3, -0.25) is 4.68 Å². The van der Waals surface area contributed by atoms with Crippen LogP contribution < -0.4 is 5.73 Å². The lowest BCUT2D eigenvalue weighted by atomic mass is 10.1. The average molecular weight is 273 g/mol. The molecule has 0 saturated heterocycles. The lowest BCUT2D eigenvalue weighted by molar-refractivity contribution is 0.713. The molecule has 1 heterocycles. The highest BCUT2D eigenvalue weighted by atomic mass is 15.3. The summed E-state index contributed by atoms with van der Waals surface area (Å²) in [7, 11) is 0. The standard InChI is InChI=1S/C18H15N3/c19-17-8-7-16-11-20-21(18(16)10-17)12-13-5-6-14-3-1-2-4-15(14)9-13/h1-11H,12,19H2. The van der Waals surface area contributed by atoms with Crippen molar-refractivity contribution in [2.45, 2.75) is 6.54 Å². The van der Waals surface area contributed by atoms with E-state index in [4.69, 9.17) is 5.73 Å². The van der Waals surface area contributed by atoms with Gasteiger partial charge in [0, 0.05) is 11.1 Å². The Morgan fingerprint density at radius 1 is 0.857 bits per heavy atom. The second kappa shape index (κ2) is 4.63. The Bertz CT molecular complexity index is 937. The van der Waals surface area contributed by atoms with Gasteiger partial charge in [0.05, 0.1) is 18.3 Å². The summed E-state index contributed by atoms with van der Waals surface area (Å²) in [5, 5.41) is 8.10. The molecule has 0 radical (unpaired) electrons. The fourth-order valence-electron chi connectivity index (χ4n) is 2.72. The van der Waals surface area contributed by atoms with Crippen LogP contribution in [-0.4, -0.2) is 9.78 Å². The summed E-state index contributed by atoms with van der Waals surface area (Å²) < 4.78 is 2.00. The summed E-state index contributed by atoms with van der Waals surface area (Å²) in [6, 6.07) is 20.8. The predicted octanol–water partition coefficient (Wildman–Crippen LogP) is 3.82. The molecule has 3 nitrogen and oxygen atoms in total. The van der Waals surface area contributed by atoms with Crippen LogP contribution in [0.2, 0.25) is 0 Å². The van der Waals surface area contributed by atoms with E-state index in [2.05, 4.69) is 47.6 Å². The first-order valence-corrected chi connectivity index (χ1v) is 6.98. The van der Waals surface area contributed by atoms with Crippen LogP contribution in [0.5, 0.6) is 0 Å². The molecule has 0 unspecified atom stereocenters. The number of fused-ring (bicyclic) bond motifs is 2. The van der Waals surface area contributed by atoms with E-state index in [0.717, 1.165) is 23.1 Å². The number of hydrogen-bond donors (Lipinski definition) is 1. The number of nitrogens with zero attached hydrogens (tertiary/aromatic N) is 2. The van der Waals surface area contributed by atoms with Crippen LogP contribution in [0.4, 0.5) is 5.69 Å². The van der Waals surface area contributed by atoms with Gasteiger partial charge < -0.3 is 5.73 Å². The highest BCUT2D eigenvalue weighted by molar-refractivity contribution is 5.83. The smallest absolute Gasteiger partial charge is 0.0706 e. The van der Waals surface area contributed by atoms with E-state index < -0.39 is 0 Å². The minimum atomic E-state index is 0.748. The van der Waals surface area contributed by atoms with Crippen LogP contribution in [0.3, 0.4) is 0 Å². The van der Waals surface area contributed by atoms with Crippen molar-refractivity contribution >= 4 is 27.4 Å². The van der Waals surface area contributed by atoms with E-state index in [1.807, 2.05) is 29.1 Å². The molecule has 0 saturated carbocycles. The molecule has 21 heavy (non-hydrogen) atoms. The molecule has 3 aromatic carbocycles. The zero-order valence-electron chi connectivity index (χ0n) is 11.5. The van der Waals surface area contributed by atoms with Gasteiger partial charge in [-0.25, -0.2) is 0 Å². The number of hydrogen-bond acceptors (Lipinski definition) is 2. The van der Waals surface area contributed by atoms with Crippen molar-refractivity contribution in [1.29, 1.82) is 0 Å². The third kappa shape index (κ3) is 2.13. The number of anilines is 1. The maximum absolute atomic E-state index is 5.88. The van der Waals surface area contributed by atoms with E-state index in [0.29, 0.717) is 0 Å². The maximum Gasteiger partial charge on any atom is 0.0706 e. The molecular formula is C18H15N3. The largest absolute Gasteiger partial charge is 0.399 e. The molecule has 4 aromatic rings. The zero-order chi connectivity index (χ0) is 14.2. The number of nitrogen functional groups attached to an aromatic ring is 1. The van der Waals surface area contributed by atoms with Crippen molar-refractivity contribution in [3.05, 3.63) is 72.4 Å². The van der Waals surface area contributed by atoms with Crippen LogP contribution in [0.1, 0.15) is 5.56 Å². The highest BCUT2D eigenvalue weighted by Crippen LogP contribution is 2.20. The van der Waals surface area contributed by atoms with Gasteiger partial charge in [0.2, 0.25) is 0 Å². The fourth-order valence-corrected chi connectivity index (χ4v) is 2.72. The van der Waals surface area contributed by atoms with Crippen LogP contribution >= 0.6 is 0 Å². The Balaban J connectivity index is 1.77. The molecule has 102 valence electrons. The molecule has 2 N–H and O–H groups in total. The topological polar surface area (TPSA) is 43.8 Å². The van der Waals surface area contributed by atoms with Gasteiger partial charge >= 0.3 is 0 Å². The minimum absolute atomic E-state index is 0.748. The number of benzene rings is 3. The van der Waals surface area contributed by atoms with E-state index >= 15 is 0 Å². The third-order valence-corrected chi connectivity index (χ3v) is 3.81. The van der Waals surface area contributed by atoms with E-state index in [-0.39, 0.29) is 0 Å². The number of nitrogens with two attached hydrogens (primary N) is 1. The van der Waals surface area contributed by atoms with E-state index in [1.54, 1.807) is 0 Å². The van der Waals surface area contributed by atoms with Crippen molar-refractivity contribution in [2.75, 3.05) is 5.73 Å². The van der Waals surface area contributed by atoms with Crippen molar-refractivity contribution in [3.8, 4) is 0 Å². The van der Waals surface area contributed by atoms with Crippen molar-refractivity contribution in [2.24, 2.45) is 0 Å². The van der Waals surface area contributed by atoms with Crippen LogP contribution in [0.25, 0.3) is 21.7 Å². The monoisotopic (exact) mass is 273 g/mol. The van der Waals surface area contributed by atoms with Crippen LogP contribution in [0.15, 0.2) is 66.9 Å². The lowest BCUT2D eigenvalue weighted by Gasteiger charge is -2.06. The van der Waals surface area contributed by atoms with Gasteiger partial charge in [-0.05, 0) is 40.6 Å². The molecule has 0 fully saturated rings. The van der Waals surface area contributed by atoms with Crippen molar-refractivity contribution in [3.63, 3.8) is 0 Å². The number of rotatable bonds is 2. The van der Waals surface area contributed by atoms with Gasteiger partial charge in [0.15, 0.2) is 0 Å². The first-order chi connectivity index (χ1) is 10.3. The molecule has 4 rings (SSSR count). The average Bonchev–Trinajstić information content (AvgIpc) is 2.89. The third-order valence-electron chi connectivity index (χ3n) is 3.81. The first-order valence-electron chi connectivity index (χ1n) is 6.98. The van der Waals surface area contributed by atoms with E-state index in [9.17, 15) is 0 Å². The van der Waals surface area contributed by atoms with Crippen LogP contribution in [-0.2, 0) is 6.54 Å². The summed E-state index contributed by atoms with van der Waals surface area (Å²) in [5.74, 6) is 0. The molecule has 0 atom stereocenters. The Kier molecular flexibility index (Phi) is 2.64. The Hall–Kier alpha value is -2.81. The van der Waals surface area contributed by atoms with Gasteiger partial charge in [0.25, 0.3) is 0 Å². The predicted molar refractivity (Wildman–Crippen MR) is 87.2 cm³/mol. The quantitative estimate of drug-likeness (QED) is 0.564. The summed E-state index contributed by atoms with van der Waals surface area (Å²) in [6.07, 6.45) is 1.88. The molecule has 0 amide bonds. The van der Waals surface area contributed by atoms with Gasteiger partial charge in [-0.15, -0.1) is 0 Å². The zero-order valence-corrected chi connectivity index (χ0v) is 11.5. The second-order valence-electron chi connectivity index (χ2n) is 5.30. The summed E-state index contributed by atoms with van der Waals surface area (Å²) in [6.45, 7) is 0.748.